The zero-order valence-electron chi connectivity index (χ0n) is 23.2. The van der Waals surface area contributed by atoms with Gasteiger partial charge in [0.2, 0.25) is 5.91 Å². The van der Waals surface area contributed by atoms with Gasteiger partial charge in [0, 0.05) is 43.7 Å². The van der Waals surface area contributed by atoms with E-state index in [1.165, 1.54) is 15.9 Å². The van der Waals surface area contributed by atoms with E-state index in [4.69, 9.17) is 4.74 Å². The number of aliphatic hydroxyl groups is 1. The molecule has 3 aromatic rings. The molecule has 0 saturated carbocycles. The highest BCUT2D eigenvalue weighted by molar-refractivity contribution is 5.97. The highest BCUT2D eigenvalue weighted by Gasteiger charge is 2.31. The molecule has 1 fully saturated rings. The van der Waals surface area contributed by atoms with E-state index >= 15 is 0 Å². The number of carbonyl (C=O) groups is 4. The first kappa shape index (κ1) is 30.1. The van der Waals surface area contributed by atoms with Crippen LogP contribution in [0.25, 0.3) is 22.6 Å². The quantitative estimate of drug-likeness (QED) is 0.330. The number of carboxylic acids is 1. The average molecular weight is 576 g/mol. The Morgan fingerprint density at radius 1 is 0.929 bits per heavy atom. The molecule has 220 valence electrons. The molecule has 12 nitrogen and oxygen atoms in total. The van der Waals surface area contributed by atoms with Crippen molar-refractivity contribution in [1.82, 2.24) is 25.1 Å². The van der Waals surface area contributed by atoms with Crippen molar-refractivity contribution >= 4 is 23.9 Å². The summed E-state index contributed by atoms with van der Waals surface area (Å²) in [7, 11) is 0. The molecule has 2 heterocycles. The zero-order chi connectivity index (χ0) is 30.1. The molecular formula is C30H33N5O7. The smallest absolute Gasteiger partial charge is 0.409 e. The molecule has 3 amide bonds. The molecule has 0 radical (unpaired) electrons. The van der Waals surface area contributed by atoms with Gasteiger partial charge in [0.25, 0.3) is 5.91 Å². The lowest BCUT2D eigenvalue weighted by molar-refractivity contribution is -0.138. The number of hydrogen-bond acceptors (Lipinski definition) is 8. The molecular weight excluding hydrogens is 542 g/mol. The summed E-state index contributed by atoms with van der Waals surface area (Å²) < 4.78 is 5.02. The number of hydrogen-bond donors (Lipinski definition) is 3. The Bertz CT molecular complexity index is 1410. The van der Waals surface area contributed by atoms with Gasteiger partial charge in [-0.25, -0.2) is 14.8 Å². The second-order valence-corrected chi connectivity index (χ2v) is 9.65. The first-order chi connectivity index (χ1) is 20.3. The van der Waals surface area contributed by atoms with Gasteiger partial charge in [-0.3, -0.25) is 14.4 Å². The first-order valence-corrected chi connectivity index (χ1v) is 13.7. The topological polar surface area (TPSA) is 162 Å². The van der Waals surface area contributed by atoms with Crippen LogP contribution in [0, 0.1) is 0 Å². The molecule has 0 spiro atoms. The molecule has 1 aromatic heterocycles. The average Bonchev–Trinajstić information content (AvgIpc) is 3.03. The molecule has 4 rings (SSSR count). The molecule has 1 saturated heterocycles. The highest BCUT2D eigenvalue weighted by Crippen LogP contribution is 2.23. The van der Waals surface area contributed by atoms with E-state index < -0.39 is 29.9 Å². The molecule has 2 aromatic carbocycles. The highest BCUT2D eigenvalue weighted by atomic mass is 16.6. The van der Waals surface area contributed by atoms with Crippen LogP contribution in [0.2, 0.25) is 0 Å². The fraction of sp³-hybridized carbons (Fsp3) is 0.333. The SMILES string of the molecule is CCOC(=O)N1CCN(C(=O)[C@H](CCC(=O)O)NC(=O)c2cc(-c3ccc(CO)cc3)nc(-c3ccccc3)n2)CC1. The fourth-order valence-corrected chi connectivity index (χ4v) is 4.51. The number of benzene rings is 2. The summed E-state index contributed by atoms with van der Waals surface area (Å²) in [6, 6.07) is 16.6. The fourth-order valence-electron chi connectivity index (χ4n) is 4.51. The van der Waals surface area contributed by atoms with E-state index in [2.05, 4.69) is 15.3 Å². The summed E-state index contributed by atoms with van der Waals surface area (Å²) >= 11 is 0. The second kappa shape index (κ2) is 14.2. The second-order valence-electron chi connectivity index (χ2n) is 9.65. The van der Waals surface area contributed by atoms with Crippen LogP contribution in [-0.4, -0.2) is 92.7 Å². The minimum atomic E-state index is -1.12. The Hall–Kier alpha value is -4.84. The van der Waals surface area contributed by atoms with Crippen LogP contribution in [0.1, 0.15) is 35.8 Å². The minimum absolute atomic E-state index is 0.00495. The lowest BCUT2D eigenvalue weighted by atomic mass is 10.1. The lowest BCUT2D eigenvalue weighted by Gasteiger charge is -2.35. The van der Waals surface area contributed by atoms with Crippen LogP contribution in [0.5, 0.6) is 0 Å². The number of aliphatic hydroxyl groups excluding tert-OH is 1. The Morgan fingerprint density at radius 2 is 1.60 bits per heavy atom. The van der Waals surface area contributed by atoms with Crippen molar-refractivity contribution in [3.05, 3.63) is 71.9 Å². The Labute approximate surface area is 243 Å². The molecule has 0 bridgehead atoms. The molecule has 1 atom stereocenters. The maximum absolute atomic E-state index is 13.5. The number of piperazine rings is 1. The van der Waals surface area contributed by atoms with Gasteiger partial charge in [-0.1, -0.05) is 54.6 Å². The van der Waals surface area contributed by atoms with E-state index in [0.717, 1.165) is 5.56 Å². The van der Waals surface area contributed by atoms with Gasteiger partial charge in [-0.2, -0.15) is 0 Å². The van der Waals surface area contributed by atoms with Crippen molar-refractivity contribution in [2.45, 2.75) is 32.4 Å². The first-order valence-electron chi connectivity index (χ1n) is 13.7. The number of aliphatic carboxylic acids is 1. The Balaban J connectivity index is 1.59. The van der Waals surface area contributed by atoms with Gasteiger partial charge in [0.05, 0.1) is 18.9 Å². The van der Waals surface area contributed by atoms with Crippen molar-refractivity contribution in [1.29, 1.82) is 0 Å². The molecule has 3 N–H and O–H groups in total. The number of ether oxygens (including phenoxy) is 1. The van der Waals surface area contributed by atoms with E-state index in [-0.39, 0.29) is 57.9 Å². The minimum Gasteiger partial charge on any atom is -0.481 e. The van der Waals surface area contributed by atoms with Crippen molar-refractivity contribution in [2.75, 3.05) is 32.8 Å². The number of amides is 3. The zero-order valence-corrected chi connectivity index (χ0v) is 23.2. The molecule has 0 aliphatic carbocycles. The molecule has 1 aliphatic heterocycles. The van der Waals surface area contributed by atoms with Crippen LogP contribution in [-0.2, 0) is 20.9 Å². The van der Waals surface area contributed by atoms with E-state index in [0.29, 0.717) is 22.6 Å². The van der Waals surface area contributed by atoms with Crippen LogP contribution in [0.3, 0.4) is 0 Å². The summed E-state index contributed by atoms with van der Waals surface area (Å²) in [4.78, 5) is 62.5. The van der Waals surface area contributed by atoms with Gasteiger partial charge in [-0.05, 0) is 25.0 Å². The van der Waals surface area contributed by atoms with Crippen LogP contribution >= 0.6 is 0 Å². The predicted octanol–water partition coefficient (Wildman–Crippen LogP) is 2.57. The maximum Gasteiger partial charge on any atom is 0.409 e. The third kappa shape index (κ3) is 7.67. The van der Waals surface area contributed by atoms with Crippen molar-refractivity contribution in [2.24, 2.45) is 0 Å². The van der Waals surface area contributed by atoms with Gasteiger partial charge < -0.3 is 30.1 Å². The molecule has 42 heavy (non-hydrogen) atoms. The van der Waals surface area contributed by atoms with Gasteiger partial charge in [-0.15, -0.1) is 0 Å². The van der Waals surface area contributed by atoms with Crippen LogP contribution < -0.4 is 5.32 Å². The number of carboxylic acid groups (broad SMARTS) is 1. The van der Waals surface area contributed by atoms with Crippen LogP contribution in [0.15, 0.2) is 60.7 Å². The van der Waals surface area contributed by atoms with E-state index in [1.54, 1.807) is 31.2 Å². The summed E-state index contributed by atoms with van der Waals surface area (Å²) in [5.41, 5.74) is 2.56. The summed E-state index contributed by atoms with van der Waals surface area (Å²) in [6.07, 6.45) is -0.912. The normalized spacial score (nSPS) is 13.8. The third-order valence-electron chi connectivity index (χ3n) is 6.79. The number of aromatic nitrogens is 2. The van der Waals surface area contributed by atoms with Crippen LogP contribution in [0.4, 0.5) is 4.79 Å². The predicted molar refractivity (Wildman–Crippen MR) is 152 cm³/mol. The van der Waals surface area contributed by atoms with Gasteiger partial charge in [0.15, 0.2) is 5.82 Å². The monoisotopic (exact) mass is 575 g/mol. The van der Waals surface area contributed by atoms with Crippen molar-refractivity contribution < 1.29 is 34.1 Å². The van der Waals surface area contributed by atoms with Crippen molar-refractivity contribution in [3.63, 3.8) is 0 Å². The maximum atomic E-state index is 13.5. The molecule has 0 unspecified atom stereocenters. The van der Waals surface area contributed by atoms with Crippen molar-refractivity contribution in [3.8, 4) is 22.6 Å². The number of carbonyl (C=O) groups excluding carboxylic acids is 3. The lowest BCUT2D eigenvalue weighted by Crippen LogP contribution is -2.56. The molecule has 1 aliphatic rings. The Morgan fingerprint density at radius 3 is 2.21 bits per heavy atom. The van der Waals surface area contributed by atoms with E-state index in [9.17, 15) is 29.4 Å². The summed E-state index contributed by atoms with van der Waals surface area (Å²) in [6.45, 7) is 2.80. The van der Waals surface area contributed by atoms with Gasteiger partial charge >= 0.3 is 12.1 Å². The summed E-state index contributed by atoms with van der Waals surface area (Å²) in [5, 5.41) is 21.4. The number of rotatable bonds is 10. The third-order valence-corrected chi connectivity index (χ3v) is 6.79. The number of nitrogens with zero attached hydrogens (tertiary/aromatic N) is 4. The van der Waals surface area contributed by atoms with E-state index in [1.807, 2.05) is 30.3 Å². The number of nitrogens with one attached hydrogen (secondary N) is 1. The van der Waals surface area contributed by atoms with Gasteiger partial charge in [0.1, 0.15) is 11.7 Å². The standard InChI is InChI=1S/C30H33N5O7/c1-2-42-30(41)35-16-14-34(15-17-35)29(40)23(12-13-26(37)38)33-28(39)25-18-24(21-10-8-20(19-36)9-11-21)31-27(32-25)22-6-4-3-5-7-22/h3-11,18,23,36H,2,12-17,19H2,1H3,(H,33,39)(H,37,38)/t23-/m0/s1. The summed E-state index contributed by atoms with van der Waals surface area (Å²) in [5.74, 6) is -1.90. The molecule has 12 heteroatoms. The Kier molecular flexibility index (Phi) is 10.2. The largest absolute Gasteiger partial charge is 0.481 e.